The van der Waals surface area contributed by atoms with Crippen LogP contribution in [0.4, 0.5) is 0 Å². The van der Waals surface area contributed by atoms with Crippen LogP contribution in [0.3, 0.4) is 0 Å². The highest BCUT2D eigenvalue weighted by molar-refractivity contribution is 5.41. The minimum atomic E-state index is 0.574. The molecule has 2 fully saturated rings. The van der Waals surface area contributed by atoms with Gasteiger partial charge in [0.25, 0.3) is 0 Å². The third-order valence-electron chi connectivity index (χ3n) is 4.91. The third kappa shape index (κ3) is 1.21. The molecule has 0 amide bonds. The summed E-state index contributed by atoms with van der Waals surface area (Å²) < 4.78 is 0. The number of benzene rings is 1. The van der Waals surface area contributed by atoms with Crippen LogP contribution < -0.4 is 0 Å². The highest BCUT2D eigenvalue weighted by atomic mass is 15.2. The van der Waals surface area contributed by atoms with Gasteiger partial charge in [-0.2, -0.15) is 0 Å². The second kappa shape index (κ2) is 3.10. The molecular formula is C15H19N. The average molecular weight is 213 g/mol. The zero-order valence-corrected chi connectivity index (χ0v) is 9.78. The number of rotatable bonds is 1. The van der Waals surface area contributed by atoms with Crippen molar-refractivity contribution in [2.45, 2.75) is 50.1 Å². The summed E-state index contributed by atoms with van der Waals surface area (Å²) in [6, 6.07) is 10.1. The summed E-state index contributed by atoms with van der Waals surface area (Å²) in [6.45, 7) is 2.55. The smallest absolute Gasteiger partial charge is 0.0239 e. The fourth-order valence-electron chi connectivity index (χ4n) is 3.51. The topological polar surface area (TPSA) is 3.24 Å². The van der Waals surface area contributed by atoms with E-state index in [1.54, 1.807) is 11.1 Å². The molecule has 0 atom stereocenters. The first kappa shape index (κ1) is 9.23. The molecule has 16 heavy (non-hydrogen) atoms. The third-order valence-corrected chi connectivity index (χ3v) is 4.91. The first-order valence-electron chi connectivity index (χ1n) is 6.70. The van der Waals surface area contributed by atoms with Crippen LogP contribution in [0.2, 0.25) is 0 Å². The quantitative estimate of drug-likeness (QED) is 0.693. The highest BCUT2D eigenvalue weighted by Crippen LogP contribution is 2.53. The molecule has 0 saturated heterocycles. The molecule has 0 unspecified atom stereocenters. The van der Waals surface area contributed by atoms with E-state index in [-0.39, 0.29) is 0 Å². The molecule has 4 rings (SSSR count). The van der Waals surface area contributed by atoms with E-state index in [4.69, 9.17) is 0 Å². The summed E-state index contributed by atoms with van der Waals surface area (Å²) >= 11 is 0. The van der Waals surface area contributed by atoms with Crippen molar-refractivity contribution >= 4 is 0 Å². The second-order valence-corrected chi connectivity index (χ2v) is 5.93. The fourth-order valence-corrected chi connectivity index (χ4v) is 3.51. The van der Waals surface area contributed by atoms with Crippen LogP contribution in [0.25, 0.3) is 0 Å². The predicted molar refractivity (Wildman–Crippen MR) is 65.4 cm³/mol. The molecule has 2 aliphatic carbocycles. The molecule has 84 valence electrons. The maximum Gasteiger partial charge on any atom is 0.0239 e. The highest BCUT2D eigenvalue weighted by Gasteiger charge is 2.50. The summed E-state index contributed by atoms with van der Waals surface area (Å²) in [5, 5.41) is 0. The Morgan fingerprint density at radius 2 is 1.94 bits per heavy atom. The summed E-state index contributed by atoms with van der Waals surface area (Å²) in [4.78, 5) is 2.76. The van der Waals surface area contributed by atoms with E-state index in [1.165, 1.54) is 45.2 Å². The van der Waals surface area contributed by atoms with Crippen LogP contribution >= 0.6 is 0 Å². The summed E-state index contributed by atoms with van der Waals surface area (Å²) in [5.41, 5.74) is 3.86. The van der Waals surface area contributed by atoms with Gasteiger partial charge in [0.15, 0.2) is 0 Å². The minimum absolute atomic E-state index is 0.574. The van der Waals surface area contributed by atoms with Crippen molar-refractivity contribution in [2.75, 3.05) is 6.54 Å². The van der Waals surface area contributed by atoms with Crippen LogP contribution in [0.15, 0.2) is 24.3 Å². The van der Waals surface area contributed by atoms with Gasteiger partial charge in [-0.1, -0.05) is 30.7 Å². The molecule has 1 aliphatic heterocycles. The van der Waals surface area contributed by atoms with Crippen molar-refractivity contribution < 1.29 is 0 Å². The Labute approximate surface area is 97.5 Å². The van der Waals surface area contributed by atoms with E-state index in [9.17, 15) is 0 Å². The van der Waals surface area contributed by atoms with Gasteiger partial charge in [-0.15, -0.1) is 0 Å². The fraction of sp³-hybridized carbons (Fsp3) is 0.600. The summed E-state index contributed by atoms with van der Waals surface area (Å²) in [6.07, 6.45) is 7.19. The molecule has 0 radical (unpaired) electrons. The molecule has 1 nitrogen and oxygen atoms in total. The maximum absolute atomic E-state index is 2.76. The van der Waals surface area contributed by atoms with Crippen molar-refractivity contribution in [3.63, 3.8) is 0 Å². The van der Waals surface area contributed by atoms with Crippen LogP contribution in [0.5, 0.6) is 0 Å². The number of hydrogen-bond donors (Lipinski definition) is 0. The van der Waals surface area contributed by atoms with Gasteiger partial charge in [-0.05, 0) is 36.8 Å². The van der Waals surface area contributed by atoms with E-state index in [2.05, 4.69) is 29.2 Å². The molecule has 1 heterocycles. The van der Waals surface area contributed by atoms with Crippen molar-refractivity contribution in [1.82, 2.24) is 4.90 Å². The van der Waals surface area contributed by atoms with E-state index in [1.807, 2.05) is 0 Å². The van der Waals surface area contributed by atoms with E-state index >= 15 is 0 Å². The molecule has 1 spiro atoms. The Bertz CT molecular complexity index is 415. The van der Waals surface area contributed by atoms with Crippen molar-refractivity contribution in [3.05, 3.63) is 35.4 Å². The van der Waals surface area contributed by atoms with Crippen molar-refractivity contribution in [1.29, 1.82) is 0 Å². The largest absolute Gasteiger partial charge is 0.295 e. The molecule has 0 aromatic heterocycles. The van der Waals surface area contributed by atoms with Crippen LogP contribution in [0.1, 0.15) is 43.2 Å². The van der Waals surface area contributed by atoms with Gasteiger partial charge in [0.05, 0.1) is 0 Å². The van der Waals surface area contributed by atoms with Crippen LogP contribution in [-0.4, -0.2) is 17.5 Å². The van der Waals surface area contributed by atoms with Crippen LogP contribution in [-0.2, 0) is 12.0 Å². The molecule has 0 bridgehead atoms. The SMILES string of the molecule is c1ccc2c(c1)CN(C1CCC1)CC21CC1. The van der Waals surface area contributed by atoms with Gasteiger partial charge in [-0.25, -0.2) is 0 Å². The lowest BCUT2D eigenvalue weighted by molar-refractivity contribution is 0.0972. The van der Waals surface area contributed by atoms with E-state index in [0.29, 0.717) is 5.41 Å². The molecular weight excluding hydrogens is 194 g/mol. The molecule has 2 saturated carbocycles. The van der Waals surface area contributed by atoms with Crippen molar-refractivity contribution in [3.8, 4) is 0 Å². The predicted octanol–water partition coefficient (Wildman–Crippen LogP) is 3.09. The van der Waals surface area contributed by atoms with Gasteiger partial charge < -0.3 is 0 Å². The molecule has 1 aromatic carbocycles. The van der Waals surface area contributed by atoms with Crippen molar-refractivity contribution in [2.24, 2.45) is 0 Å². The Balaban J connectivity index is 1.71. The lowest BCUT2D eigenvalue weighted by Gasteiger charge is -2.43. The van der Waals surface area contributed by atoms with Gasteiger partial charge in [0, 0.05) is 24.5 Å². The molecule has 3 aliphatic rings. The monoisotopic (exact) mass is 213 g/mol. The van der Waals surface area contributed by atoms with Gasteiger partial charge in [0.1, 0.15) is 0 Å². The molecule has 1 aromatic rings. The molecule has 0 N–H and O–H groups in total. The maximum atomic E-state index is 2.76. The second-order valence-electron chi connectivity index (χ2n) is 5.93. The normalized spacial score (nSPS) is 27.5. The van der Waals surface area contributed by atoms with E-state index < -0.39 is 0 Å². The van der Waals surface area contributed by atoms with Gasteiger partial charge in [0.2, 0.25) is 0 Å². The Hall–Kier alpha value is -0.820. The average Bonchev–Trinajstić information content (AvgIpc) is 2.96. The number of hydrogen-bond acceptors (Lipinski definition) is 1. The molecule has 1 heteroatoms. The van der Waals surface area contributed by atoms with E-state index in [0.717, 1.165) is 6.04 Å². The lowest BCUT2D eigenvalue weighted by Crippen LogP contribution is -2.46. The first-order valence-corrected chi connectivity index (χ1v) is 6.70. The lowest BCUT2D eigenvalue weighted by atomic mass is 9.83. The number of nitrogens with zero attached hydrogens (tertiary/aromatic N) is 1. The Morgan fingerprint density at radius 1 is 1.12 bits per heavy atom. The summed E-state index contributed by atoms with van der Waals surface area (Å²) in [5.74, 6) is 0. The standard InChI is InChI=1S/C15H19N/c1-2-7-14-12(4-1)10-16(13-5-3-6-13)11-15(14)8-9-15/h1-2,4,7,13H,3,5-6,8-11H2. The van der Waals surface area contributed by atoms with Crippen LogP contribution in [0, 0.1) is 0 Å². The summed E-state index contributed by atoms with van der Waals surface area (Å²) in [7, 11) is 0. The zero-order chi connectivity index (χ0) is 10.6. The van der Waals surface area contributed by atoms with Gasteiger partial charge >= 0.3 is 0 Å². The minimum Gasteiger partial charge on any atom is -0.295 e. The Kier molecular flexibility index (Phi) is 1.79. The first-order chi connectivity index (χ1) is 7.87. The number of fused-ring (bicyclic) bond motifs is 2. The Morgan fingerprint density at radius 3 is 2.62 bits per heavy atom. The zero-order valence-electron chi connectivity index (χ0n) is 9.78. The van der Waals surface area contributed by atoms with Gasteiger partial charge in [-0.3, -0.25) is 4.90 Å².